The first kappa shape index (κ1) is 13.2. The Morgan fingerprint density at radius 1 is 1.06 bits per heavy atom. The molecule has 0 radical (unpaired) electrons. The molecule has 1 aromatic rings. The van der Waals surface area contributed by atoms with Gasteiger partial charge in [0.25, 0.3) is 0 Å². The van der Waals surface area contributed by atoms with Gasteiger partial charge in [-0.05, 0) is 37.6 Å². The van der Waals surface area contributed by atoms with Crippen LogP contribution in [0.15, 0.2) is 18.2 Å². The summed E-state index contributed by atoms with van der Waals surface area (Å²) in [7, 11) is 5.21. The Morgan fingerprint density at radius 2 is 1.69 bits per heavy atom. The van der Waals surface area contributed by atoms with Gasteiger partial charge in [0, 0.05) is 14.2 Å². The van der Waals surface area contributed by atoms with E-state index in [9.17, 15) is 0 Å². The van der Waals surface area contributed by atoms with Gasteiger partial charge < -0.3 is 14.8 Å². The lowest BCUT2D eigenvalue weighted by molar-refractivity contribution is -0.123. The number of nitrogens with one attached hydrogen (secondary N) is 1. The average Bonchev–Trinajstić information content (AvgIpc) is 2.29. The van der Waals surface area contributed by atoms with Gasteiger partial charge in [-0.25, -0.2) is 0 Å². The highest BCUT2D eigenvalue weighted by atomic mass is 16.7. The van der Waals surface area contributed by atoms with Crippen molar-refractivity contribution >= 4 is 0 Å². The third kappa shape index (κ3) is 2.82. The molecule has 1 atom stereocenters. The molecule has 0 aromatic heterocycles. The number of hydrogen-bond donors (Lipinski definition) is 1. The highest BCUT2D eigenvalue weighted by Gasteiger charge is 2.21. The smallest absolute Gasteiger partial charge is 0.176 e. The van der Waals surface area contributed by atoms with Crippen molar-refractivity contribution in [3.63, 3.8) is 0 Å². The summed E-state index contributed by atoms with van der Waals surface area (Å²) in [6.07, 6.45) is -0.271. The summed E-state index contributed by atoms with van der Waals surface area (Å²) in [5.41, 5.74) is 3.76. The molecule has 0 saturated carbocycles. The molecule has 0 amide bonds. The van der Waals surface area contributed by atoms with Crippen molar-refractivity contribution in [2.45, 2.75) is 26.2 Å². The molecule has 0 spiro atoms. The van der Waals surface area contributed by atoms with Crippen LogP contribution in [0.5, 0.6) is 0 Å². The topological polar surface area (TPSA) is 30.5 Å². The van der Waals surface area contributed by atoms with Crippen LogP contribution in [0.25, 0.3) is 0 Å². The molecule has 16 heavy (non-hydrogen) atoms. The predicted molar refractivity (Wildman–Crippen MR) is 65.5 cm³/mol. The Hall–Kier alpha value is -0.900. The van der Waals surface area contributed by atoms with Crippen molar-refractivity contribution in [1.82, 2.24) is 5.32 Å². The van der Waals surface area contributed by atoms with E-state index >= 15 is 0 Å². The van der Waals surface area contributed by atoms with Gasteiger partial charge in [-0.2, -0.15) is 0 Å². The van der Waals surface area contributed by atoms with Crippen LogP contribution < -0.4 is 5.32 Å². The highest BCUT2D eigenvalue weighted by Crippen LogP contribution is 2.21. The van der Waals surface area contributed by atoms with Crippen LogP contribution in [0.3, 0.4) is 0 Å². The minimum Gasteiger partial charge on any atom is -0.354 e. The minimum absolute atomic E-state index is 0.0503. The zero-order chi connectivity index (χ0) is 12.1. The second-order valence-corrected chi connectivity index (χ2v) is 3.95. The molecule has 90 valence electrons. The molecular formula is C13H21NO2. The fourth-order valence-electron chi connectivity index (χ4n) is 1.79. The first-order valence-electron chi connectivity index (χ1n) is 5.44. The van der Waals surface area contributed by atoms with E-state index in [1.807, 2.05) is 7.05 Å². The fourth-order valence-corrected chi connectivity index (χ4v) is 1.79. The molecule has 0 bridgehead atoms. The summed E-state index contributed by atoms with van der Waals surface area (Å²) in [4.78, 5) is 0. The monoisotopic (exact) mass is 223 g/mol. The van der Waals surface area contributed by atoms with E-state index < -0.39 is 0 Å². The van der Waals surface area contributed by atoms with E-state index in [-0.39, 0.29) is 12.3 Å². The van der Waals surface area contributed by atoms with Crippen molar-refractivity contribution in [3.8, 4) is 0 Å². The molecule has 1 unspecified atom stereocenters. The molecule has 0 saturated heterocycles. The Balaban J connectivity index is 2.98. The zero-order valence-electron chi connectivity index (χ0n) is 10.7. The molecule has 0 aliphatic carbocycles. The van der Waals surface area contributed by atoms with Gasteiger partial charge in [-0.15, -0.1) is 0 Å². The molecule has 1 aromatic carbocycles. The largest absolute Gasteiger partial charge is 0.354 e. The molecule has 0 heterocycles. The lowest BCUT2D eigenvalue weighted by Crippen LogP contribution is -2.32. The van der Waals surface area contributed by atoms with Gasteiger partial charge in [0.2, 0.25) is 0 Å². The third-order valence-corrected chi connectivity index (χ3v) is 2.94. The van der Waals surface area contributed by atoms with Crippen LogP contribution in [-0.4, -0.2) is 27.6 Å². The maximum atomic E-state index is 5.29. The number of ether oxygens (including phenoxy) is 2. The van der Waals surface area contributed by atoms with E-state index in [1.165, 1.54) is 16.7 Å². The Bertz CT molecular complexity index is 335. The normalized spacial score (nSPS) is 13.1. The SMILES string of the molecule is CNC(c1ccc(C)c(C)c1)C(OC)OC. The van der Waals surface area contributed by atoms with Crippen molar-refractivity contribution in [1.29, 1.82) is 0 Å². The van der Waals surface area contributed by atoms with Crippen LogP contribution in [-0.2, 0) is 9.47 Å². The van der Waals surface area contributed by atoms with E-state index in [0.717, 1.165) is 0 Å². The number of hydrogen-bond acceptors (Lipinski definition) is 3. The number of aryl methyl sites for hydroxylation is 2. The summed E-state index contributed by atoms with van der Waals surface area (Å²) in [5.74, 6) is 0. The van der Waals surface area contributed by atoms with Crippen molar-refractivity contribution in [2.24, 2.45) is 0 Å². The summed E-state index contributed by atoms with van der Waals surface area (Å²) < 4.78 is 10.6. The van der Waals surface area contributed by atoms with Crippen LogP contribution >= 0.6 is 0 Å². The predicted octanol–water partition coefficient (Wildman–Crippen LogP) is 2.18. The molecule has 0 aliphatic heterocycles. The minimum atomic E-state index is -0.271. The molecule has 1 rings (SSSR count). The first-order valence-corrected chi connectivity index (χ1v) is 5.44. The van der Waals surface area contributed by atoms with Crippen LogP contribution in [0.1, 0.15) is 22.7 Å². The average molecular weight is 223 g/mol. The van der Waals surface area contributed by atoms with Gasteiger partial charge in [0.1, 0.15) is 0 Å². The second kappa shape index (κ2) is 5.99. The lowest BCUT2D eigenvalue weighted by Gasteiger charge is -2.25. The van der Waals surface area contributed by atoms with Gasteiger partial charge in [-0.1, -0.05) is 18.2 Å². The van der Waals surface area contributed by atoms with E-state index in [2.05, 4.69) is 37.4 Å². The van der Waals surface area contributed by atoms with Crippen LogP contribution in [0.2, 0.25) is 0 Å². The number of methoxy groups -OCH3 is 2. The Kier molecular flexibility index (Phi) is 4.93. The maximum absolute atomic E-state index is 5.29. The van der Waals surface area contributed by atoms with Gasteiger partial charge in [-0.3, -0.25) is 0 Å². The third-order valence-electron chi connectivity index (χ3n) is 2.94. The van der Waals surface area contributed by atoms with Crippen LogP contribution in [0, 0.1) is 13.8 Å². The molecule has 3 heteroatoms. The maximum Gasteiger partial charge on any atom is 0.176 e. The quantitative estimate of drug-likeness (QED) is 0.776. The van der Waals surface area contributed by atoms with E-state index in [4.69, 9.17) is 9.47 Å². The molecule has 0 aliphatic rings. The summed E-state index contributed by atoms with van der Waals surface area (Å²) in [5, 5.41) is 3.22. The summed E-state index contributed by atoms with van der Waals surface area (Å²) in [6, 6.07) is 6.45. The molecular weight excluding hydrogens is 202 g/mol. The highest BCUT2D eigenvalue weighted by molar-refractivity contribution is 5.32. The van der Waals surface area contributed by atoms with Gasteiger partial charge in [0.05, 0.1) is 6.04 Å². The summed E-state index contributed by atoms with van der Waals surface area (Å²) >= 11 is 0. The van der Waals surface area contributed by atoms with Crippen molar-refractivity contribution in [2.75, 3.05) is 21.3 Å². The Labute approximate surface area is 97.8 Å². The Morgan fingerprint density at radius 3 is 2.12 bits per heavy atom. The van der Waals surface area contributed by atoms with Crippen molar-refractivity contribution < 1.29 is 9.47 Å². The standard InChI is InChI=1S/C13H21NO2/c1-9-6-7-11(8-10(9)2)12(14-3)13(15-4)16-5/h6-8,12-14H,1-5H3. The number of rotatable bonds is 5. The molecule has 3 nitrogen and oxygen atoms in total. The second-order valence-electron chi connectivity index (χ2n) is 3.95. The number of benzene rings is 1. The zero-order valence-corrected chi connectivity index (χ0v) is 10.7. The van der Waals surface area contributed by atoms with Gasteiger partial charge >= 0.3 is 0 Å². The molecule has 0 fully saturated rings. The van der Waals surface area contributed by atoms with E-state index in [0.29, 0.717) is 0 Å². The van der Waals surface area contributed by atoms with E-state index in [1.54, 1.807) is 14.2 Å². The van der Waals surface area contributed by atoms with Crippen molar-refractivity contribution in [3.05, 3.63) is 34.9 Å². The first-order chi connectivity index (χ1) is 7.63. The lowest BCUT2D eigenvalue weighted by atomic mass is 10.0. The number of likely N-dealkylation sites (N-methyl/N-ethyl adjacent to an activating group) is 1. The van der Waals surface area contributed by atoms with Crippen LogP contribution in [0.4, 0.5) is 0 Å². The summed E-state index contributed by atoms with van der Waals surface area (Å²) in [6.45, 7) is 4.22. The fraction of sp³-hybridized carbons (Fsp3) is 0.538. The molecule has 1 N–H and O–H groups in total. The van der Waals surface area contributed by atoms with Gasteiger partial charge in [0.15, 0.2) is 6.29 Å².